The van der Waals surface area contributed by atoms with Gasteiger partial charge < -0.3 is 15.4 Å². The van der Waals surface area contributed by atoms with E-state index in [-0.39, 0.29) is 18.1 Å². The third-order valence-corrected chi connectivity index (χ3v) is 5.50. The second-order valence-corrected chi connectivity index (χ2v) is 7.47. The molecule has 8 heteroatoms. The van der Waals surface area contributed by atoms with E-state index in [9.17, 15) is 9.59 Å². The molecule has 164 valence electrons. The second-order valence-electron chi connectivity index (χ2n) is 7.47. The quantitative estimate of drug-likeness (QED) is 0.473. The van der Waals surface area contributed by atoms with Crippen LogP contribution in [0.25, 0.3) is 6.08 Å². The first-order valence-electron chi connectivity index (χ1n) is 10.4. The molecule has 3 rings (SSSR count). The fourth-order valence-corrected chi connectivity index (χ4v) is 3.41. The lowest BCUT2D eigenvalue weighted by molar-refractivity contribution is -0.104. The van der Waals surface area contributed by atoms with E-state index in [1.807, 2.05) is 26.2 Å². The molecule has 0 saturated carbocycles. The highest BCUT2D eigenvalue weighted by molar-refractivity contribution is 5.92. The van der Waals surface area contributed by atoms with E-state index in [4.69, 9.17) is 4.74 Å². The van der Waals surface area contributed by atoms with Crippen molar-refractivity contribution in [3.8, 4) is 5.75 Å². The number of hydrogen-bond acceptors (Lipinski definition) is 7. The summed E-state index contributed by atoms with van der Waals surface area (Å²) in [7, 11) is 3.43. The maximum absolute atomic E-state index is 11.6. The third-order valence-electron chi connectivity index (χ3n) is 5.50. The SMILES string of the molecule is CC/C(C=O)=C/c1ncc(C(C)N2CC(Oc3ccc(C(=O)NC)nc3)C2)cc1NC. The number of likely N-dealkylation sites (tertiary alicyclic amines) is 1. The lowest BCUT2D eigenvalue weighted by Crippen LogP contribution is -2.54. The number of rotatable bonds is 9. The Morgan fingerprint density at radius 1 is 1.29 bits per heavy atom. The van der Waals surface area contributed by atoms with Crippen molar-refractivity contribution in [2.24, 2.45) is 0 Å². The number of amides is 1. The Hall–Kier alpha value is -3.26. The van der Waals surface area contributed by atoms with E-state index in [2.05, 4.69) is 38.5 Å². The largest absolute Gasteiger partial charge is 0.486 e. The molecule has 2 aromatic rings. The predicted octanol–water partition coefficient (Wildman–Crippen LogP) is 2.69. The molecular weight excluding hydrogens is 394 g/mol. The van der Waals surface area contributed by atoms with E-state index < -0.39 is 0 Å². The fourth-order valence-electron chi connectivity index (χ4n) is 3.41. The lowest BCUT2D eigenvalue weighted by Gasteiger charge is -2.42. The van der Waals surface area contributed by atoms with Crippen LogP contribution in [0, 0.1) is 0 Å². The molecule has 8 nitrogen and oxygen atoms in total. The molecule has 0 spiro atoms. The molecule has 0 aliphatic carbocycles. The number of carbonyl (C=O) groups excluding carboxylic acids is 2. The first-order chi connectivity index (χ1) is 15.0. The summed E-state index contributed by atoms with van der Waals surface area (Å²) in [6, 6.07) is 5.69. The summed E-state index contributed by atoms with van der Waals surface area (Å²) in [5.74, 6) is 0.436. The minimum absolute atomic E-state index is 0.0775. The Bertz CT molecular complexity index is 952. The summed E-state index contributed by atoms with van der Waals surface area (Å²) in [6.07, 6.45) is 6.89. The third kappa shape index (κ3) is 5.27. The van der Waals surface area contributed by atoms with E-state index in [1.165, 1.54) is 0 Å². The average molecular weight is 424 g/mol. The van der Waals surface area contributed by atoms with Gasteiger partial charge in [-0.2, -0.15) is 0 Å². The van der Waals surface area contributed by atoms with E-state index >= 15 is 0 Å². The second kappa shape index (κ2) is 10.2. The maximum atomic E-state index is 11.6. The standard InChI is InChI=1S/C23H29N5O3/c1-5-16(14-29)8-22-21(24-3)9-17(10-26-22)15(2)28-12-19(13-28)31-18-6-7-20(27-11-18)23(30)25-4/h6-11,14-15,19,24H,5,12-13H2,1-4H3,(H,25,30)/b16-8-. The van der Waals surface area contributed by atoms with Crippen LogP contribution in [0.2, 0.25) is 0 Å². The Morgan fingerprint density at radius 2 is 2.06 bits per heavy atom. The number of allylic oxidation sites excluding steroid dienone is 1. The van der Waals surface area contributed by atoms with Crippen LogP contribution in [0.5, 0.6) is 5.75 Å². The highest BCUT2D eigenvalue weighted by Crippen LogP contribution is 2.30. The van der Waals surface area contributed by atoms with E-state index in [1.54, 1.807) is 25.4 Å². The van der Waals surface area contributed by atoms with Gasteiger partial charge in [-0.25, -0.2) is 4.98 Å². The Kier molecular flexibility index (Phi) is 7.36. The van der Waals surface area contributed by atoms with Crippen molar-refractivity contribution >= 4 is 24.0 Å². The maximum Gasteiger partial charge on any atom is 0.269 e. The molecule has 1 aliphatic rings. The van der Waals surface area contributed by atoms with E-state index in [0.29, 0.717) is 23.4 Å². The number of carbonyl (C=O) groups is 2. The summed E-state index contributed by atoms with van der Waals surface area (Å²) >= 11 is 0. The van der Waals surface area contributed by atoms with Crippen molar-refractivity contribution in [2.45, 2.75) is 32.4 Å². The normalized spacial score (nSPS) is 15.7. The molecule has 0 bridgehead atoms. The van der Waals surface area contributed by atoms with E-state index in [0.717, 1.165) is 36.3 Å². The Balaban J connectivity index is 1.60. The van der Waals surface area contributed by atoms with Gasteiger partial charge in [-0.15, -0.1) is 0 Å². The number of hydrogen-bond donors (Lipinski definition) is 2. The molecule has 1 amide bonds. The number of aldehydes is 1. The van der Waals surface area contributed by atoms with Crippen LogP contribution in [0.3, 0.4) is 0 Å². The summed E-state index contributed by atoms with van der Waals surface area (Å²) in [4.78, 5) is 33.7. The van der Waals surface area contributed by atoms with Crippen LogP contribution >= 0.6 is 0 Å². The topological polar surface area (TPSA) is 96.5 Å². The van der Waals surface area contributed by atoms with Crippen LogP contribution in [-0.4, -0.2) is 60.4 Å². The highest BCUT2D eigenvalue weighted by Gasteiger charge is 2.33. The predicted molar refractivity (Wildman–Crippen MR) is 120 cm³/mol. The van der Waals surface area contributed by atoms with Crippen molar-refractivity contribution in [3.63, 3.8) is 0 Å². The van der Waals surface area contributed by atoms with Gasteiger partial charge in [0.05, 0.1) is 17.6 Å². The molecule has 31 heavy (non-hydrogen) atoms. The van der Waals surface area contributed by atoms with Gasteiger partial charge in [0, 0.05) is 39.4 Å². The zero-order valence-electron chi connectivity index (χ0n) is 18.4. The fraction of sp³-hybridized carbons (Fsp3) is 0.391. The van der Waals surface area contributed by atoms with Crippen LogP contribution in [0.4, 0.5) is 5.69 Å². The summed E-state index contributed by atoms with van der Waals surface area (Å²) in [6.45, 7) is 5.68. The summed E-state index contributed by atoms with van der Waals surface area (Å²) in [5, 5.41) is 5.72. The number of nitrogens with one attached hydrogen (secondary N) is 2. The average Bonchev–Trinajstić information content (AvgIpc) is 2.78. The number of aromatic nitrogens is 2. The van der Waals surface area contributed by atoms with Crippen molar-refractivity contribution in [1.82, 2.24) is 20.2 Å². The van der Waals surface area contributed by atoms with Gasteiger partial charge in [-0.05, 0) is 48.8 Å². The van der Waals surface area contributed by atoms with Crippen LogP contribution in [0.1, 0.15) is 48.1 Å². The van der Waals surface area contributed by atoms with Crippen molar-refractivity contribution in [2.75, 3.05) is 32.5 Å². The van der Waals surface area contributed by atoms with Gasteiger partial charge >= 0.3 is 0 Å². The first-order valence-corrected chi connectivity index (χ1v) is 10.4. The lowest BCUT2D eigenvalue weighted by atomic mass is 10.0. The van der Waals surface area contributed by atoms with Gasteiger partial charge in [0.25, 0.3) is 5.91 Å². The molecule has 2 aromatic heterocycles. The molecule has 0 aromatic carbocycles. The van der Waals surface area contributed by atoms with Gasteiger partial charge in [-0.3, -0.25) is 19.5 Å². The molecule has 3 heterocycles. The minimum atomic E-state index is -0.219. The molecule has 1 fully saturated rings. The van der Waals surface area contributed by atoms with Gasteiger partial charge in [-0.1, -0.05) is 6.92 Å². The van der Waals surface area contributed by atoms with Crippen LogP contribution < -0.4 is 15.4 Å². The van der Waals surface area contributed by atoms with Crippen molar-refractivity contribution in [1.29, 1.82) is 0 Å². The van der Waals surface area contributed by atoms with Gasteiger partial charge in [0.1, 0.15) is 23.8 Å². The Labute approximate surface area is 182 Å². The molecule has 1 aliphatic heterocycles. The van der Waals surface area contributed by atoms with Crippen LogP contribution in [0.15, 0.2) is 36.2 Å². The van der Waals surface area contributed by atoms with Crippen LogP contribution in [-0.2, 0) is 4.79 Å². The first kappa shape index (κ1) is 22.4. The van der Waals surface area contributed by atoms with Crippen molar-refractivity contribution < 1.29 is 14.3 Å². The molecular formula is C23H29N5O3. The summed E-state index contributed by atoms with van der Waals surface area (Å²) < 4.78 is 5.96. The number of nitrogens with zero attached hydrogens (tertiary/aromatic N) is 3. The molecule has 1 atom stereocenters. The minimum Gasteiger partial charge on any atom is -0.486 e. The number of pyridine rings is 2. The zero-order valence-corrected chi connectivity index (χ0v) is 18.4. The molecule has 1 saturated heterocycles. The number of ether oxygens (including phenoxy) is 1. The molecule has 2 N–H and O–H groups in total. The summed E-state index contributed by atoms with van der Waals surface area (Å²) in [5.41, 5.74) is 3.84. The monoisotopic (exact) mass is 423 g/mol. The highest BCUT2D eigenvalue weighted by atomic mass is 16.5. The van der Waals surface area contributed by atoms with Crippen molar-refractivity contribution in [3.05, 3.63) is 53.1 Å². The number of anilines is 1. The Morgan fingerprint density at radius 3 is 2.65 bits per heavy atom. The smallest absolute Gasteiger partial charge is 0.269 e. The van der Waals surface area contributed by atoms with Gasteiger partial charge in [0.15, 0.2) is 0 Å². The molecule has 1 unspecified atom stereocenters. The zero-order chi connectivity index (χ0) is 22.4. The van der Waals surface area contributed by atoms with Gasteiger partial charge in [0.2, 0.25) is 0 Å². The molecule has 0 radical (unpaired) electrons.